The maximum Gasteiger partial charge on any atom is 0.325 e. The number of rotatable bonds is 8. The molecule has 0 fully saturated rings. The summed E-state index contributed by atoms with van der Waals surface area (Å²) in [6.07, 6.45) is -1.18. The van der Waals surface area contributed by atoms with Gasteiger partial charge in [0.15, 0.2) is 11.9 Å². The highest BCUT2D eigenvalue weighted by Gasteiger charge is 2.15. The summed E-state index contributed by atoms with van der Waals surface area (Å²) >= 11 is 0. The Morgan fingerprint density at radius 1 is 1.00 bits per heavy atom. The third-order valence-corrected chi connectivity index (χ3v) is 2.43. The lowest BCUT2D eigenvalue weighted by molar-refractivity contribution is -0.152. The van der Waals surface area contributed by atoms with E-state index in [1.165, 1.54) is 14.1 Å². The molecule has 0 saturated heterocycles. The van der Waals surface area contributed by atoms with Crippen LogP contribution in [-0.4, -0.2) is 85.3 Å². The Morgan fingerprint density at radius 3 is 1.57 bits per heavy atom. The van der Waals surface area contributed by atoms with E-state index in [9.17, 15) is 14.7 Å². The highest BCUT2D eigenvalue weighted by atomic mass is 16.6. The molecule has 0 amide bonds. The third kappa shape index (κ3) is 10.8. The number of guanidine groups is 2. The quantitative estimate of drug-likeness (QED) is 0.186. The van der Waals surface area contributed by atoms with Crippen molar-refractivity contribution in [3.63, 3.8) is 0 Å². The number of carbonyl (C=O) groups excluding carboxylic acids is 2. The van der Waals surface area contributed by atoms with Gasteiger partial charge in [0, 0.05) is 14.1 Å². The zero-order valence-electron chi connectivity index (χ0n) is 12.5. The van der Waals surface area contributed by atoms with E-state index >= 15 is 0 Å². The van der Waals surface area contributed by atoms with Crippen LogP contribution in [0, 0.1) is 10.8 Å². The number of likely N-dealkylation sites (N-methyl/N-ethyl adjacent to an activating group) is 2. The minimum absolute atomic E-state index is 0. The van der Waals surface area contributed by atoms with Crippen LogP contribution in [0.2, 0.25) is 0 Å². The molecule has 134 valence electrons. The van der Waals surface area contributed by atoms with Crippen molar-refractivity contribution in [2.75, 3.05) is 40.4 Å². The monoisotopic (exact) mass is 334 g/mol. The van der Waals surface area contributed by atoms with Gasteiger partial charge < -0.3 is 35.8 Å². The first-order valence-electron chi connectivity index (χ1n) is 6.23. The number of nitrogens with one attached hydrogen (secondary N) is 2. The fourth-order valence-corrected chi connectivity index (χ4v) is 1.08. The van der Waals surface area contributed by atoms with Crippen molar-refractivity contribution < 1.29 is 24.2 Å². The van der Waals surface area contributed by atoms with Gasteiger partial charge in [-0.25, -0.2) is 0 Å². The van der Waals surface area contributed by atoms with Crippen molar-refractivity contribution in [1.82, 2.24) is 9.80 Å². The molecule has 0 aliphatic heterocycles. The van der Waals surface area contributed by atoms with Crippen LogP contribution in [0.25, 0.3) is 0 Å². The van der Waals surface area contributed by atoms with Crippen LogP contribution in [-0.2, 0) is 19.1 Å². The number of carbonyl (C=O) groups is 2. The lowest BCUT2D eigenvalue weighted by atomic mass is 10.4. The fourth-order valence-electron chi connectivity index (χ4n) is 1.08. The smallest absolute Gasteiger partial charge is 0.325 e. The Labute approximate surface area is 135 Å². The second kappa shape index (κ2) is 11.1. The van der Waals surface area contributed by atoms with Crippen LogP contribution in [0.5, 0.6) is 0 Å². The van der Waals surface area contributed by atoms with Crippen LogP contribution in [0.4, 0.5) is 0 Å². The third-order valence-electron chi connectivity index (χ3n) is 2.43. The van der Waals surface area contributed by atoms with Gasteiger partial charge >= 0.3 is 11.9 Å². The maximum absolute atomic E-state index is 11.3. The molecule has 0 aromatic heterocycles. The average molecular weight is 334 g/mol. The van der Waals surface area contributed by atoms with Gasteiger partial charge in [0.25, 0.3) is 0 Å². The van der Waals surface area contributed by atoms with Crippen LogP contribution >= 0.6 is 0 Å². The van der Waals surface area contributed by atoms with E-state index in [1.54, 1.807) is 0 Å². The molecule has 0 spiro atoms. The topological polar surface area (TPSA) is 179 Å². The molecule has 0 unspecified atom stereocenters. The first-order valence-corrected chi connectivity index (χ1v) is 6.23. The lowest BCUT2D eigenvalue weighted by Crippen LogP contribution is -2.39. The molecular formula is C12H26N6O5. The molecule has 23 heavy (non-hydrogen) atoms. The molecule has 7 N–H and O–H groups in total. The first kappa shape index (κ1) is 22.7. The molecule has 0 heterocycles. The second-order valence-electron chi connectivity index (χ2n) is 4.50. The van der Waals surface area contributed by atoms with Gasteiger partial charge in [-0.3, -0.25) is 20.4 Å². The minimum atomic E-state index is -1.18. The van der Waals surface area contributed by atoms with Crippen molar-refractivity contribution in [2.45, 2.75) is 13.5 Å². The molecule has 0 bridgehead atoms. The SMILES string of the molecule is C.CN(CC(=O)OCC(O)COC(=O)CN(C)C(=N)N)C(=N)N. The normalized spacial score (nSPS) is 10.7. The number of ether oxygens (including phenoxy) is 2. The van der Waals surface area contributed by atoms with Crippen LogP contribution in [0.1, 0.15) is 7.43 Å². The Morgan fingerprint density at radius 2 is 1.30 bits per heavy atom. The van der Waals surface area contributed by atoms with E-state index in [0.29, 0.717) is 0 Å². The summed E-state index contributed by atoms with van der Waals surface area (Å²) < 4.78 is 9.48. The van der Waals surface area contributed by atoms with Gasteiger partial charge in [-0.15, -0.1) is 0 Å². The van der Waals surface area contributed by atoms with E-state index in [4.69, 9.17) is 31.8 Å². The van der Waals surface area contributed by atoms with E-state index in [-0.39, 0.29) is 45.6 Å². The molecule has 0 aromatic carbocycles. The van der Waals surface area contributed by atoms with Gasteiger partial charge in [-0.05, 0) is 0 Å². The summed E-state index contributed by atoms with van der Waals surface area (Å²) in [6, 6.07) is 0. The molecular weight excluding hydrogens is 308 g/mol. The highest BCUT2D eigenvalue weighted by Crippen LogP contribution is 1.93. The summed E-state index contributed by atoms with van der Waals surface area (Å²) in [5.41, 5.74) is 10.3. The number of aliphatic hydroxyl groups is 1. The van der Waals surface area contributed by atoms with E-state index in [2.05, 4.69) is 0 Å². The van der Waals surface area contributed by atoms with Crippen LogP contribution in [0.3, 0.4) is 0 Å². The predicted molar refractivity (Wildman–Crippen MR) is 83.7 cm³/mol. The molecule has 0 aromatic rings. The summed E-state index contributed by atoms with van der Waals surface area (Å²) in [5.74, 6) is -1.94. The zero-order chi connectivity index (χ0) is 17.3. The first-order chi connectivity index (χ1) is 10.1. The number of hydrogen-bond donors (Lipinski definition) is 5. The van der Waals surface area contributed by atoms with Crippen molar-refractivity contribution in [1.29, 1.82) is 10.8 Å². The Balaban J connectivity index is 0. The summed E-state index contributed by atoms with van der Waals surface area (Å²) in [6.45, 7) is -1.18. The summed E-state index contributed by atoms with van der Waals surface area (Å²) in [7, 11) is 2.88. The number of nitrogens with two attached hydrogens (primary N) is 2. The van der Waals surface area contributed by atoms with Crippen molar-refractivity contribution in [3.8, 4) is 0 Å². The van der Waals surface area contributed by atoms with Gasteiger partial charge in [0.2, 0.25) is 0 Å². The second-order valence-corrected chi connectivity index (χ2v) is 4.50. The van der Waals surface area contributed by atoms with E-state index in [1.807, 2.05) is 0 Å². The average Bonchev–Trinajstić information content (AvgIpc) is 2.42. The molecule has 0 atom stereocenters. The fraction of sp³-hybridized carbons (Fsp3) is 0.667. The van der Waals surface area contributed by atoms with Gasteiger partial charge in [-0.2, -0.15) is 0 Å². The van der Waals surface area contributed by atoms with Crippen molar-refractivity contribution in [2.24, 2.45) is 11.5 Å². The predicted octanol–water partition coefficient (Wildman–Crippen LogP) is -2.28. The molecule has 11 heteroatoms. The Hall–Kier alpha value is -2.56. The van der Waals surface area contributed by atoms with Crippen molar-refractivity contribution >= 4 is 23.9 Å². The maximum atomic E-state index is 11.3. The molecule has 0 radical (unpaired) electrons. The van der Waals surface area contributed by atoms with Crippen LogP contribution < -0.4 is 11.5 Å². The molecule has 0 rings (SSSR count). The number of nitrogens with zero attached hydrogens (tertiary/aromatic N) is 2. The van der Waals surface area contributed by atoms with Crippen molar-refractivity contribution in [3.05, 3.63) is 0 Å². The zero-order valence-corrected chi connectivity index (χ0v) is 12.5. The standard InChI is InChI=1S/C11H22N6O5.CH4/c1-16(10(12)13)3-8(19)21-5-7(18)6-22-9(20)4-17(2)11(14)15;/h7,18H,3-6H2,1-2H3,(H3,12,13)(H3,14,15);1H4. The summed E-state index contributed by atoms with van der Waals surface area (Å²) in [4.78, 5) is 25.0. The molecule has 0 saturated carbocycles. The van der Waals surface area contributed by atoms with Crippen LogP contribution in [0.15, 0.2) is 0 Å². The largest absolute Gasteiger partial charge is 0.461 e. The van der Waals surface area contributed by atoms with E-state index in [0.717, 1.165) is 9.80 Å². The number of esters is 2. The number of hydrogen-bond acceptors (Lipinski definition) is 7. The van der Waals surface area contributed by atoms with Gasteiger partial charge in [0.1, 0.15) is 32.4 Å². The highest BCUT2D eigenvalue weighted by molar-refractivity contribution is 5.81. The Kier molecular flexibility index (Phi) is 10.9. The van der Waals surface area contributed by atoms with Gasteiger partial charge in [-0.1, -0.05) is 7.43 Å². The summed E-state index contributed by atoms with van der Waals surface area (Å²) in [5, 5.41) is 23.7. The Bertz CT molecular complexity index is 392. The molecule has 0 aliphatic rings. The molecule has 11 nitrogen and oxygen atoms in total. The van der Waals surface area contributed by atoms with Gasteiger partial charge in [0.05, 0.1) is 0 Å². The van der Waals surface area contributed by atoms with E-state index < -0.39 is 18.0 Å². The number of aliphatic hydroxyl groups excluding tert-OH is 1. The molecule has 0 aliphatic carbocycles. The minimum Gasteiger partial charge on any atom is -0.461 e. The lowest BCUT2D eigenvalue weighted by Gasteiger charge is -2.18.